The van der Waals surface area contributed by atoms with Crippen molar-refractivity contribution < 1.29 is 26.4 Å². The topological polar surface area (TPSA) is 89.3 Å². The van der Waals surface area contributed by atoms with Crippen molar-refractivity contribution >= 4 is 21.4 Å². The number of halogens is 3. The van der Waals surface area contributed by atoms with Crippen LogP contribution in [-0.2, 0) is 14.6 Å². The zero-order chi connectivity index (χ0) is 18.1. The molecule has 2 rings (SSSR count). The number of amides is 1. The molecule has 0 bridgehead atoms. The number of rotatable bonds is 3. The molecule has 0 heterocycles. The smallest absolute Gasteiger partial charge is 0.327 e. The standard InChI is InChI=1S/C15H19F3N2O3S/c1-9-4-2-7-12(13(9)19)14(21)20-10-5-3-6-11(8-10)24(22,23)15(16,17)18/h3,5-6,8-9,12-13H,2,4,7,19H2,1H3,(H,20,21)/t9-,12-,13+/m0/s1. The molecule has 5 nitrogen and oxygen atoms in total. The Morgan fingerprint density at radius 2 is 1.96 bits per heavy atom. The highest BCUT2D eigenvalue weighted by molar-refractivity contribution is 7.92. The van der Waals surface area contributed by atoms with Crippen molar-refractivity contribution in [2.24, 2.45) is 17.6 Å². The first-order valence-electron chi connectivity index (χ1n) is 7.52. The van der Waals surface area contributed by atoms with Gasteiger partial charge in [-0.1, -0.05) is 19.4 Å². The summed E-state index contributed by atoms with van der Waals surface area (Å²) in [6.07, 6.45) is 2.36. The molecule has 1 aliphatic carbocycles. The lowest BCUT2D eigenvalue weighted by atomic mass is 9.78. The van der Waals surface area contributed by atoms with Crippen molar-refractivity contribution in [1.29, 1.82) is 0 Å². The number of alkyl halides is 3. The number of hydrogen-bond acceptors (Lipinski definition) is 4. The summed E-state index contributed by atoms with van der Waals surface area (Å²) in [5.41, 5.74) is 0.632. The second kappa shape index (κ2) is 6.72. The maximum Gasteiger partial charge on any atom is 0.501 e. The number of carbonyl (C=O) groups excluding carboxylic acids is 1. The van der Waals surface area contributed by atoms with Gasteiger partial charge in [0.25, 0.3) is 9.84 Å². The van der Waals surface area contributed by atoms with Gasteiger partial charge in [-0.2, -0.15) is 13.2 Å². The first kappa shape index (κ1) is 18.7. The molecular formula is C15H19F3N2O3S. The normalized spacial score (nSPS) is 25.3. The molecule has 1 amide bonds. The fourth-order valence-corrected chi connectivity index (χ4v) is 3.66. The van der Waals surface area contributed by atoms with Gasteiger partial charge in [-0.05, 0) is 37.0 Å². The Balaban J connectivity index is 2.20. The predicted octanol–water partition coefficient (Wildman–Crippen LogP) is 2.68. The summed E-state index contributed by atoms with van der Waals surface area (Å²) >= 11 is 0. The maximum absolute atomic E-state index is 12.6. The van der Waals surface area contributed by atoms with E-state index in [1.165, 1.54) is 6.07 Å². The molecule has 0 aliphatic heterocycles. The molecule has 0 aromatic heterocycles. The van der Waals surface area contributed by atoms with E-state index in [0.29, 0.717) is 6.42 Å². The average Bonchev–Trinajstić information content (AvgIpc) is 2.49. The fraction of sp³-hybridized carbons (Fsp3) is 0.533. The van der Waals surface area contributed by atoms with Gasteiger partial charge in [0.2, 0.25) is 5.91 Å². The zero-order valence-corrected chi connectivity index (χ0v) is 13.8. The highest BCUT2D eigenvalue weighted by atomic mass is 32.2. The quantitative estimate of drug-likeness (QED) is 0.863. The molecular weight excluding hydrogens is 345 g/mol. The predicted molar refractivity (Wildman–Crippen MR) is 82.8 cm³/mol. The molecule has 3 atom stereocenters. The summed E-state index contributed by atoms with van der Waals surface area (Å²) in [6.45, 7) is 1.95. The Labute approximate surface area is 138 Å². The van der Waals surface area contributed by atoms with Crippen LogP contribution < -0.4 is 11.1 Å². The molecule has 1 aliphatic rings. The van der Waals surface area contributed by atoms with Crippen LogP contribution in [0, 0.1) is 11.8 Å². The lowest BCUT2D eigenvalue weighted by molar-refractivity contribution is -0.121. The zero-order valence-electron chi connectivity index (χ0n) is 13.0. The summed E-state index contributed by atoms with van der Waals surface area (Å²) in [4.78, 5) is 11.4. The molecule has 9 heteroatoms. The number of sulfone groups is 1. The van der Waals surface area contributed by atoms with Crippen LogP contribution in [0.4, 0.5) is 18.9 Å². The van der Waals surface area contributed by atoms with Crippen LogP contribution in [0.2, 0.25) is 0 Å². The molecule has 0 saturated heterocycles. The van der Waals surface area contributed by atoms with Crippen LogP contribution in [0.25, 0.3) is 0 Å². The SMILES string of the molecule is C[C@H]1CCC[C@H](C(=O)Nc2cccc(S(=O)(=O)C(F)(F)F)c2)[C@@H]1N. The highest BCUT2D eigenvalue weighted by Gasteiger charge is 2.47. The second-order valence-electron chi connectivity index (χ2n) is 6.06. The van der Waals surface area contributed by atoms with Crippen LogP contribution in [0.15, 0.2) is 29.2 Å². The fourth-order valence-electron chi connectivity index (χ4n) is 2.86. The van der Waals surface area contributed by atoms with E-state index in [4.69, 9.17) is 5.73 Å². The summed E-state index contributed by atoms with van der Waals surface area (Å²) in [7, 11) is -5.46. The maximum atomic E-state index is 12.6. The van der Waals surface area contributed by atoms with Crippen molar-refractivity contribution in [2.45, 2.75) is 42.6 Å². The van der Waals surface area contributed by atoms with Gasteiger partial charge in [-0.15, -0.1) is 0 Å². The molecule has 1 saturated carbocycles. The average molecular weight is 364 g/mol. The Bertz CT molecular complexity index is 719. The van der Waals surface area contributed by atoms with Gasteiger partial charge in [0, 0.05) is 11.7 Å². The number of anilines is 1. The van der Waals surface area contributed by atoms with Crippen molar-refractivity contribution in [2.75, 3.05) is 5.32 Å². The molecule has 24 heavy (non-hydrogen) atoms. The van der Waals surface area contributed by atoms with Crippen LogP contribution in [0.5, 0.6) is 0 Å². The number of hydrogen-bond donors (Lipinski definition) is 2. The summed E-state index contributed by atoms with van der Waals surface area (Å²) < 4.78 is 60.7. The minimum Gasteiger partial charge on any atom is -0.327 e. The van der Waals surface area contributed by atoms with E-state index < -0.39 is 32.1 Å². The number of nitrogens with two attached hydrogens (primary N) is 1. The van der Waals surface area contributed by atoms with Gasteiger partial charge >= 0.3 is 5.51 Å². The van der Waals surface area contributed by atoms with Gasteiger partial charge < -0.3 is 11.1 Å². The second-order valence-corrected chi connectivity index (χ2v) is 8.00. The van der Waals surface area contributed by atoms with Gasteiger partial charge in [0.15, 0.2) is 0 Å². The van der Waals surface area contributed by atoms with Crippen molar-refractivity contribution in [3.05, 3.63) is 24.3 Å². The first-order valence-corrected chi connectivity index (χ1v) is 9.00. The van der Waals surface area contributed by atoms with E-state index in [1.54, 1.807) is 0 Å². The lowest BCUT2D eigenvalue weighted by Gasteiger charge is -2.32. The molecule has 1 aromatic rings. The first-order chi connectivity index (χ1) is 11.0. The molecule has 134 valence electrons. The molecule has 0 radical (unpaired) electrons. The van der Waals surface area contributed by atoms with Crippen LogP contribution >= 0.6 is 0 Å². The third kappa shape index (κ3) is 3.72. The van der Waals surface area contributed by atoms with Crippen molar-refractivity contribution in [3.8, 4) is 0 Å². The molecule has 0 spiro atoms. The van der Waals surface area contributed by atoms with Crippen molar-refractivity contribution in [3.63, 3.8) is 0 Å². The molecule has 1 fully saturated rings. The summed E-state index contributed by atoms with van der Waals surface area (Å²) in [5.74, 6) is -0.682. The third-order valence-corrected chi connectivity index (χ3v) is 5.83. The minimum absolute atomic E-state index is 0.00393. The van der Waals surface area contributed by atoms with Gasteiger partial charge in [0.05, 0.1) is 10.8 Å². The highest BCUT2D eigenvalue weighted by Crippen LogP contribution is 2.32. The van der Waals surface area contributed by atoms with E-state index in [9.17, 15) is 26.4 Å². The minimum atomic E-state index is -5.46. The van der Waals surface area contributed by atoms with Gasteiger partial charge in [-0.3, -0.25) is 4.79 Å². The number of carbonyl (C=O) groups is 1. The molecule has 0 unspecified atom stereocenters. The van der Waals surface area contributed by atoms with Crippen LogP contribution in [-0.4, -0.2) is 25.9 Å². The third-order valence-electron chi connectivity index (χ3n) is 4.35. The summed E-state index contributed by atoms with van der Waals surface area (Å²) in [6, 6.07) is 3.80. The number of benzene rings is 1. The monoisotopic (exact) mass is 364 g/mol. The Kier molecular flexibility index (Phi) is 5.24. The van der Waals surface area contributed by atoms with Gasteiger partial charge in [-0.25, -0.2) is 8.42 Å². The molecule has 1 aromatic carbocycles. The van der Waals surface area contributed by atoms with Crippen molar-refractivity contribution in [1.82, 2.24) is 0 Å². The number of nitrogens with one attached hydrogen (secondary N) is 1. The molecule has 3 N–H and O–H groups in total. The Hall–Kier alpha value is -1.61. The van der Waals surface area contributed by atoms with Crippen LogP contribution in [0.3, 0.4) is 0 Å². The van der Waals surface area contributed by atoms with E-state index in [0.717, 1.165) is 31.0 Å². The summed E-state index contributed by atoms with van der Waals surface area (Å²) in [5, 5.41) is 2.48. The van der Waals surface area contributed by atoms with Gasteiger partial charge in [0.1, 0.15) is 0 Å². The van der Waals surface area contributed by atoms with E-state index in [2.05, 4.69) is 5.32 Å². The Morgan fingerprint density at radius 3 is 2.58 bits per heavy atom. The van der Waals surface area contributed by atoms with Crippen LogP contribution in [0.1, 0.15) is 26.2 Å². The lowest BCUT2D eigenvalue weighted by Crippen LogP contribution is -2.45. The van der Waals surface area contributed by atoms with E-state index in [1.807, 2.05) is 6.92 Å². The largest absolute Gasteiger partial charge is 0.501 e. The Morgan fingerprint density at radius 1 is 1.29 bits per heavy atom. The van der Waals surface area contributed by atoms with E-state index >= 15 is 0 Å². The van der Waals surface area contributed by atoms with E-state index in [-0.39, 0.29) is 17.6 Å².